The van der Waals surface area contributed by atoms with Crippen LogP contribution in [0.15, 0.2) is 40.6 Å². The molecule has 0 saturated heterocycles. The van der Waals surface area contributed by atoms with Crippen LogP contribution in [0.25, 0.3) is 0 Å². The van der Waals surface area contributed by atoms with E-state index in [1.165, 1.54) is 33.3 Å². The van der Waals surface area contributed by atoms with E-state index in [9.17, 15) is 9.59 Å². The molecule has 9 heteroatoms. The van der Waals surface area contributed by atoms with Crippen molar-refractivity contribution in [2.75, 3.05) is 19.5 Å². The van der Waals surface area contributed by atoms with Crippen LogP contribution < -0.4 is 14.8 Å². The molecule has 7 nitrogen and oxygen atoms in total. The summed E-state index contributed by atoms with van der Waals surface area (Å²) in [6, 6.07) is 6.73. The Labute approximate surface area is 172 Å². The van der Waals surface area contributed by atoms with Crippen molar-refractivity contribution in [3.05, 3.63) is 45.9 Å². The van der Waals surface area contributed by atoms with Crippen LogP contribution in [-0.4, -0.2) is 32.0 Å². The molecule has 1 atom stereocenters. The zero-order chi connectivity index (χ0) is 20.8. The van der Waals surface area contributed by atoms with Crippen LogP contribution in [0.4, 0.5) is 11.4 Å². The van der Waals surface area contributed by atoms with E-state index >= 15 is 0 Å². The van der Waals surface area contributed by atoms with Crippen molar-refractivity contribution in [2.24, 2.45) is 10.2 Å². The van der Waals surface area contributed by atoms with Crippen LogP contribution in [0.1, 0.15) is 12.5 Å². The van der Waals surface area contributed by atoms with Crippen LogP contribution in [0, 0.1) is 6.92 Å². The largest absolute Gasteiger partial charge is 0.495 e. The lowest BCUT2D eigenvalue weighted by atomic mass is 10.2. The molecule has 1 amide bonds. The molecular formula is C19H19Cl2N3O4. The van der Waals surface area contributed by atoms with Crippen molar-refractivity contribution in [1.82, 2.24) is 0 Å². The van der Waals surface area contributed by atoms with E-state index in [0.29, 0.717) is 22.2 Å². The maximum absolute atomic E-state index is 12.6. The first-order valence-electron chi connectivity index (χ1n) is 8.16. The number of carbonyl (C=O) groups is 2. The number of methoxy groups -OCH3 is 2. The molecule has 2 aromatic rings. The predicted octanol–water partition coefficient (Wildman–Crippen LogP) is 5.00. The van der Waals surface area contributed by atoms with Gasteiger partial charge in [0.15, 0.2) is 5.78 Å². The molecule has 2 aromatic carbocycles. The number of rotatable bonds is 7. The molecule has 0 heterocycles. The van der Waals surface area contributed by atoms with Gasteiger partial charge in [0, 0.05) is 11.1 Å². The maximum Gasteiger partial charge on any atom is 0.258 e. The Balaban J connectivity index is 2.29. The molecule has 0 radical (unpaired) electrons. The number of nitrogens with zero attached hydrogens (tertiary/aromatic N) is 2. The summed E-state index contributed by atoms with van der Waals surface area (Å²) in [5.74, 6) is -0.440. The van der Waals surface area contributed by atoms with Crippen molar-refractivity contribution < 1.29 is 19.1 Å². The maximum atomic E-state index is 12.6. The number of aryl methyl sites for hydroxylation is 1. The summed E-state index contributed by atoms with van der Waals surface area (Å²) in [4.78, 5) is 24.6. The molecule has 0 aromatic heterocycles. The average molecular weight is 424 g/mol. The summed E-state index contributed by atoms with van der Waals surface area (Å²) >= 11 is 12.1. The van der Waals surface area contributed by atoms with Gasteiger partial charge in [-0.05, 0) is 37.6 Å². The minimum absolute atomic E-state index is 0.272. The van der Waals surface area contributed by atoms with Gasteiger partial charge < -0.3 is 14.8 Å². The molecule has 0 fully saturated rings. The van der Waals surface area contributed by atoms with Gasteiger partial charge in [-0.15, -0.1) is 0 Å². The Bertz CT molecular complexity index is 932. The lowest BCUT2D eigenvalue weighted by Crippen LogP contribution is -2.32. The van der Waals surface area contributed by atoms with Gasteiger partial charge in [0.2, 0.25) is 6.04 Å². The van der Waals surface area contributed by atoms with Crippen molar-refractivity contribution >= 4 is 46.3 Å². The van der Waals surface area contributed by atoms with Crippen LogP contribution >= 0.6 is 23.2 Å². The van der Waals surface area contributed by atoms with Gasteiger partial charge in [0.05, 0.1) is 30.6 Å². The highest BCUT2D eigenvalue weighted by molar-refractivity contribution is 6.32. The van der Waals surface area contributed by atoms with Crippen molar-refractivity contribution in [2.45, 2.75) is 19.9 Å². The van der Waals surface area contributed by atoms with Crippen molar-refractivity contribution in [1.29, 1.82) is 0 Å². The molecule has 0 aliphatic carbocycles. The van der Waals surface area contributed by atoms with E-state index in [1.807, 2.05) is 6.92 Å². The highest BCUT2D eigenvalue weighted by Crippen LogP contribution is 2.36. The van der Waals surface area contributed by atoms with Gasteiger partial charge in [0.1, 0.15) is 11.5 Å². The summed E-state index contributed by atoms with van der Waals surface area (Å²) in [5, 5.41) is 11.3. The fraction of sp³-hybridized carbons (Fsp3) is 0.263. The van der Waals surface area contributed by atoms with E-state index in [2.05, 4.69) is 15.5 Å². The topological polar surface area (TPSA) is 89.3 Å². The third kappa shape index (κ3) is 5.21. The minimum atomic E-state index is -1.34. The quantitative estimate of drug-likeness (QED) is 0.501. The summed E-state index contributed by atoms with van der Waals surface area (Å²) in [6.45, 7) is 3.07. The summed E-state index contributed by atoms with van der Waals surface area (Å²) in [6.07, 6.45) is 0. The van der Waals surface area contributed by atoms with Crippen molar-refractivity contribution in [3.8, 4) is 11.5 Å². The number of benzene rings is 2. The number of azo groups is 1. The Morgan fingerprint density at radius 1 is 1.07 bits per heavy atom. The molecule has 0 bridgehead atoms. The molecule has 1 unspecified atom stereocenters. The van der Waals surface area contributed by atoms with E-state index in [-0.39, 0.29) is 10.7 Å². The standard InChI is InChI=1S/C19H19Cl2N3O4/c1-10-5-6-12(20)7-14(10)23-24-18(11(2)25)19(26)22-15-8-13(21)16(27-3)9-17(15)28-4/h5-9,18H,1-4H3,(H,22,26). The molecule has 0 aliphatic rings. The van der Waals surface area contributed by atoms with Gasteiger partial charge in [-0.2, -0.15) is 10.2 Å². The Kier molecular flexibility index (Phi) is 7.37. The van der Waals surface area contributed by atoms with E-state index in [4.69, 9.17) is 32.7 Å². The fourth-order valence-corrected chi connectivity index (χ4v) is 2.69. The number of ether oxygens (including phenoxy) is 2. The van der Waals surface area contributed by atoms with E-state index in [0.717, 1.165) is 5.56 Å². The van der Waals surface area contributed by atoms with Gasteiger partial charge in [-0.1, -0.05) is 29.3 Å². The van der Waals surface area contributed by atoms with Gasteiger partial charge >= 0.3 is 0 Å². The Morgan fingerprint density at radius 3 is 2.36 bits per heavy atom. The average Bonchev–Trinajstić information content (AvgIpc) is 2.64. The first-order chi connectivity index (χ1) is 13.3. The van der Waals surface area contributed by atoms with Crippen LogP contribution in [0.2, 0.25) is 10.0 Å². The third-order valence-corrected chi connectivity index (χ3v) is 4.35. The zero-order valence-corrected chi connectivity index (χ0v) is 17.3. The lowest BCUT2D eigenvalue weighted by Gasteiger charge is -2.14. The van der Waals surface area contributed by atoms with Crippen LogP contribution in [0.5, 0.6) is 11.5 Å². The molecular weight excluding hydrogens is 405 g/mol. The smallest absolute Gasteiger partial charge is 0.258 e. The number of carbonyl (C=O) groups excluding carboxylic acids is 2. The summed E-state index contributed by atoms with van der Waals surface area (Å²) in [5.41, 5.74) is 1.55. The number of hydrogen-bond donors (Lipinski definition) is 1. The third-order valence-electron chi connectivity index (χ3n) is 3.82. The molecule has 28 heavy (non-hydrogen) atoms. The van der Waals surface area contributed by atoms with Gasteiger partial charge in [-0.3, -0.25) is 9.59 Å². The molecule has 1 N–H and O–H groups in total. The number of hydrogen-bond acceptors (Lipinski definition) is 6. The molecule has 0 spiro atoms. The predicted molar refractivity (Wildman–Crippen MR) is 108 cm³/mol. The van der Waals surface area contributed by atoms with E-state index < -0.39 is 17.7 Å². The fourth-order valence-electron chi connectivity index (χ4n) is 2.29. The second-order valence-corrected chi connectivity index (χ2v) is 6.68. The highest BCUT2D eigenvalue weighted by Gasteiger charge is 2.25. The SMILES string of the molecule is COc1cc(OC)c(NC(=O)C(N=Nc2cc(Cl)ccc2C)C(C)=O)cc1Cl. The first-order valence-corrected chi connectivity index (χ1v) is 8.92. The Hall–Kier alpha value is -2.64. The molecule has 0 saturated carbocycles. The minimum Gasteiger partial charge on any atom is -0.495 e. The summed E-state index contributed by atoms with van der Waals surface area (Å²) < 4.78 is 10.4. The second-order valence-electron chi connectivity index (χ2n) is 5.84. The molecule has 148 valence electrons. The zero-order valence-electron chi connectivity index (χ0n) is 15.7. The monoisotopic (exact) mass is 423 g/mol. The Morgan fingerprint density at radius 2 is 1.75 bits per heavy atom. The number of ketones is 1. The number of Topliss-reactive ketones (excluding diaryl/α,β-unsaturated/α-hetero) is 1. The van der Waals surface area contributed by atoms with Crippen LogP contribution in [-0.2, 0) is 9.59 Å². The number of halogens is 2. The molecule has 0 aliphatic heterocycles. The summed E-state index contributed by atoms with van der Waals surface area (Å²) in [7, 11) is 2.89. The first kappa shape index (κ1) is 21.7. The lowest BCUT2D eigenvalue weighted by molar-refractivity contribution is -0.126. The number of anilines is 1. The normalized spacial score (nSPS) is 11.9. The second kappa shape index (κ2) is 9.52. The molecule has 2 rings (SSSR count). The number of amides is 1. The van der Waals surface area contributed by atoms with E-state index in [1.54, 1.807) is 18.2 Å². The van der Waals surface area contributed by atoms with Crippen LogP contribution in [0.3, 0.4) is 0 Å². The highest BCUT2D eigenvalue weighted by atomic mass is 35.5. The number of nitrogens with one attached hydrogen (secondary N) is 1. The van der Waals surface area contributed by atoms with Gasteiger partial charge in [0.25, 0.3) is 5.91 Å². The van der Waals surface area contributed by atoms with Gasteiger partial charge in [-0.25, -0.2) is 0 Å². The van der Waals surface area contributed by atoms with Crippen molar-refractivity contribution in [3.63, 3.8) is 0 Å².